The molecule has 114 valence electrons. The van der Waals surface area contributed by atoms with Gasteiger partial charge in [-0.3, -0.25) is 4.79 Å². The third-order valence-electron chi connectivity index (χ3n) is 3.51. The fourth-order valence-electron chi connectivity index (χ4n) is 2.17. The maximum Gasteiger partial charge on any atom is 0.283 e. The number of anilines is 1. The Morgan fingerprint density at radius 1 is 1.40 bits per heavy atom. The molecule has 1 heterocycles. The average molecular weight is 346 g/mol. The van der Waals surface area contributed by atoms with Crippen LogP contribution in [0, 0.1) is 5.92 Å². The van der Waals surface area contributed by atoms with Gasteiger partial charge >= 0.3 is 0 Å². The molecule has 1 aromatic rings. The number of rotatable bonds is 8. The lowest BCUT2D eigenvalue weighted by Gasteiger charge is -2.21. The van der Waals surface area contributed by atoms with E-state index in [1.165, 1.54) is 4.68 Å². The molecule has 20 heavy (non-hydrogen) atoms. The summed E-state index contributed by atoms with van der Waals surface area (Å²) in [7, 11) is 0. The van der Waals surface area contributed by atoms with E-state index >= 15 is 0 Å². The molecule has 0 saturated heterocycles. The van der Waals surface area contributed by atoms with Gasteiger partial charge in [-0.05, 0) is 28.3 Å². The van der Waals surface area contributed by atoms with Gasteiger partial charge in [0.15, 0.2) is 0 Å². The van der Waals surface area contributed by atoms with E-state index in [9.17, 15) is 9.90 Å². The van der Waals surface area contributed by atoms with E-state index in [1.807, 2.05) is 6.92 Å². The maximum atomic E-state index is 12.0. The van der Waals surface area contributed by atoms with E-state index in [2.05, 4.69) is 40.2 Å². The van der Waals surface area contributed by atoms with Crippen LogP contribution in [0.2, 0.25) is 0 Å². The highest BCUT2D eigenvalue weighted by atomic mass is 79.9. The van der Waals surface area contributed by atoms with Crippen molar-refractivity contribution in [2.24, 2.45) is 5.92 Å². The predicted molar refractivity (Wildman–Crippen MR) is 85.1 cm³/mol. The zero-order valence-electron chi connectivity index (χ0n) is 12.4. The van der Waals surface area contributed by atoms with Crippen LogP contribution in [0.4, 0.5) is 5.69 Å². The van der Waals surface area contributed by atoms with Gasteiger partial charge in [-0.15, -0.1) is 0 Å². The maximum absolute atomic E-state index is 12.0. The lowest BCUT2D eigenvalue weighted by molar-refractivity contribution is 0.114. The lowest BCUT2D eigenvalue weighted by atomic mass is 9.96. The Balaban J connectivity index is 2.74. The van der Waals surface area contributed by atoms with E-state index in [-0.39, 0.29) is 11.5 Å². The molecule has 0 saturated carbocycles. The summed E-state index contributed by atoms with van der Waals surface area (Å²) in [6, 6.07) is 0. The second-order valence-corrected chi connectivity index (χ2v) is 5.72. The van der Waals surface area contributed by atoms with Crippen molar-refractivity contribution in [3.63, 3.8) is 0 Å². The second-order valence-electron chi connectivity index (χ2n) is 4.93. The normalized spacial score (nSPS) is 12.7. The van der Waals surface area contributed by atoms with Gasteiger partial charge in [0.1, 0.15) is 4.47 Å². The van der Waals surface area contributed by atoms with Crippen molar-refractivity contribution in [2.45, 2.75) is 52.7 Å². The summed E-state index contributed by atoms with van der Waals surface area (Å²) >= 11 is 3.30. The molecule has 0 aliphatic rings. The predicted octanol–water partition coefficient (Wildman–Crippen LogP) is 2.62. The Kier molecular flexibility index (Phi) is 7.23. The molecule has 1 atom stereocenters. The number of hydrogen-bond acceptors (Lipinski definition) is 4. The first-order chi connectivity index (χ1) is 9.54. The largest absolute Gasteiger partial charge is 0.391 e. The van der Waals surface area contributed by atoms with Crippen LogP contribution in [0.25, 0.3) is 0 Å². The summed E-state index contributed by atoms with van der Waals surface area (Å²) in [5.74, 6) is 0.273. The first-order valence-electron chi connectivity index (χ1n) is 7.22. The molecular weight excluding hydrogens is 322 g/mol. The van der Waals surface area contributed by atoms with Crippen LogP contribution in [-0.2, 0) is 6.54 Å². The standard InChI is InChI=1S/C14H24BrN3O2/c1-4-7-18-14(20)13(15)11(8-17-18)16-9-12(19)10(5-2)6-3/h8,10,12,16,19H,4-7,9H2,1-3H3. The van der Waals surface area contributed by atoms with Crippen molar-refractivity contribution in [2.75, 3.05) is 11.9 Å². The van der Waals surface area contributed by atoms with E-state index in [4.69, 9.17) is 0 Å². The molecule has 6 heteroatoms. The number of hydrogen-bond donors (Lipinski definition) is 2. The lowest BCUT2D eigenvalue weighted by Crippen LogP contribution is -2.29. The number of halogens is 1. The van der Waals surface area contributed by atoms with E-state index < -0.39 is 6.10 Å². The van der Waals surface area contributed by atoms with Crippen LogP contribution in [0.1, 0.15) is 40.0 Å². The van der Waals surface area contributed by atoms with Crippen molar-refractivity contribution in [1.29, 1.82) is 0 Å². The third-order valence-corrected chi connectivity index (χ3v) is 4.28. The summed E-state index contributed by atoms with van der Waals surface area (Å²) in [4.78, 5) is 12.0. The monoisotopic (exact) mass is 345 g/mol. The highest BCUT2D eigenvalue weighted by molar-refractivity contribution is 9.10. The molecule has 0 aliphatic carbocycles. The Morgan fingerprint density at radius 2 is 2.05 bits per heavy atom. The van der Waals surface area contributed by atoms with Crippen molar-refractivity contribution < 1.29 is 5.11 Å². The van der Waals surface area contributed by atoms with Crippen LogP contribution < -0.4 is 10.9 Å². The van der Waals surface area contributed by atoms with Gasteiger partial charge in [-0.2, -0.15) is 5.10 Å². The number of aromatic nitrogens is 2. The first kappa shape index (κ1) is 17.2. The van der Waals surface area contributed by atoms with Gasteiger partial charge in [0, 0.05) is 13.1 Å². The molecule has 0 spiro atoms. The van der Waals surface area contributed by atoms with Gasteiger partial charge in [-0.1, -0.05) is 33.6 Å². The zero-order valence-corrected chi connectivity index (χ0v) is 14.0. The number of aryl methyl sites for hydroxylation is 1. The van der Waals surface area contributed by atoms with Crippen LogP contribution in [0.5, 0.6) is 0 Å². The highest BCUT2D eigenvalue weighted by Gasteiger charge is 2.16. The minimum atomic E-state index is -0.421. The zero-order chi connectivity index (χ0) is 15.1. The Hall–Kier alpha value is -0.880. The molecule has 1 aromatic heterocycles. The van der Waals surface area contributed by atoms with Crippen LogP contribution in [-0.4, -0.2) is 27.5 Å². The number of aliphatic hydroxyl groups is 1. The summed E-state index contributed by atoms with van der Waals surface area (Å²) in [5.41, 5.74) is 0.487. The SMILES string of the molecule is CCCn1ncc(NCC(O)C(CC)CC)c(Br)c1=O. The molecule has 0 fully saturated rings. The number of aliphatic hydroxyl groups excluding tert-OH is 1. The average Bonchev–Trinajstić information content (AvgIpc) is 2.44. The molecule has 5 nitrogen and oxygen atoms in total. The van der Waals surface area contributed by atoms with Gasteiger partial charge in [0.2, 0.25) is 0 Å². The molecule has 0 bridgehead atoms. The molecule has 0 radical (unpaired) electrons. The quantitative estimate of drug-likeness (QED) is 0.759. The number of nitrogens with zero attached hydrogens (tertiary/aromatic N) is 2. The molecule has 0 aromatic carbocycles. The van der Waals surface area contributed by atoms with Gasteiger partial charge in [0.05, 0.1) is 18.0 Å². The van der Waals surface area contributed by atoms with E-state index in [0.29, 0.717) is 23.2 Å². The summed E-state index contributed by atoms with van der Waals surface area (Å²) in [5, 5.41) is 17.3. The summed E-state index contributed by atoms with van der Waals surface area (Å²) in [6.07, 6.45) is 3.95. The topological polar surface area (TPSA) is 67.2 Å². The molecule has 2 N–H and O–H groups in total. The number of nitrogens with one attached hydrogen (secondary N) is 1. The van der Waals surface area contributed by atoms with Gasteiger partial charge in [0.25, 0.3) is 5.56 Å². The minimum absolute atomic E-state index is 0.145. The highest BCUT2D eigenvalue weighted by Crippen LogP contribution is 2.18. The smallest absolute Gasteiger partial charge is 0.283 e. The molecule has 0 amide bonds. The van der Waals surface area contributed by atoms with Gasteiger partial charge in [-0.25, -0.2) is 4.68 Å². The second kappa shape index (κ2) is 8.42. The Bertz CT molecular complexity index is 472. The van der Waals surface area contributed by atoms with E-state index in [0.717, 1.165) is 19.3 Å². The summed E-state index contributed by atoms with van der Waals surface area (Å²) in [6.45, 7) is 7.17. The van der Waals surface area contributed by atoms with Crippen LogP contribution >= 0.6 is 15.9 Å². The van der Waals surface area contributed by atoms with Crippen molar-refractivity contribution in [1.82, 2.24) is 9.78 Å². The molecule has 1 unspecified atom stereocenters. The van der Waals surface area contributed by atoms with Crippen LogP contribution in [0.15, 0.2) is 15.5 Å². The third kappa shape index (κ3) is 4.31. The van der Waals surface area contributed by atoms with Crippen molar-refractivity contribution in [3.05, 3.63) is 21.0 Å². The molecular formula is C14H24BrN3O2. The summed E-state index contributed by atoms with van der Waals surface area (Å²) < 4.78 is 1.91. The fourth-order valence-corrected chi connectivity index (χ4v) is 2.62. The fraction of sp³-hybridized carbons (Fsp3) is 0.714. The molecule has 0 aliphatic heterocycles. The first-order valence-corrected chi connectivity index (χ1v) is 8.01. The van der Waals surface area contributed by atoms with Crippen molar-refractivity contribution in [3.8, 4) is 0 Å². The Labute approximate surface area is 128 Å². The van der Waals surface area contributed by atoms with Crippen LogP contribution in [0.3, 0.4) is 0 Å². The Morgan fingerprint density at radius 3 is 2.60 bits per heavy atom. The molecule has 1 rings (SSSR count). The minimum Gasteiger partial charge on any atom is -0.391 e. The van der Waals surface area contributed by atoms with E-state index in [1.54, 1.807) is 6.20 Å². The van der Waals surface area contributed by atoms with Crippen molar-refractivity contribution >= 4 is 21.6 Å². The van der Waals surface area contributed by atoms with Gasteiger partial charge < -0.3 is 10.4 Å².